The van der Waals surface area contributed by atoms with Gasteiger partial charge in [-0.2, -0.15) is 0 Å². The highest BCUT2D eigenvalue weighted by molar-refractivity contribution is 7.20. The van der Waals surface area contributed by atoms with Crippen LogP contribution in [0.1, 0.15) is 10.4 Å². The zero-order valence-electron chi connectivity index (χ0n) is 28.2. The summed E-state index contributed by atoms with van der Waals surface area (Å²) in [5, 5.41) is 5.73. The molecule has 0 spiro atoms. The Labute approximate surface area is 303 Å². The Hall–Kier alpha value is -6.63. The fourth-order valence-electron chi connectivity index (χ4n) is 7.45. The summed E-state index contributed by atoms with van der Waals surface area (Å²) < 4.78 is 10.3. The third kappa shape index (κ3) is 4.72. The minimum absolute atomic E-state index is 0.575. The third-order valence-electron chi connectivity index (χ3n) is 9.80. The van der Waals surface area contributed by atoms with Crippen molar-refractivity contribution in [3.63, 3.8) is 0 Å². The first-order valence-corrected chi connectivity index (χ1v) is 18.1. The van der Waals surface area contributed by atoms with Crippen molar-refractivity contribution in [3.05, 3.63) is 163 Å². The number of furan rings is 1. The van der Waals surface area contributed by atoms with Gasteiger partial charge >= 0.3 is 0 Å². The molecule has 6 aromatic carbocycles. The van der Waals surface area contributed by atoms with E-state index in [-0.39, 0.29) is 0 Å². The molecule has 0 saturated carbocycles. The Morgan fingerprint density at radius 2 is 1.25 bits per heavy atom. The molecule has 0 unspecified atom stereocenters. The predicted octanol–water partition coefficient (Wildman–Crippen LogP) is 12.6. The first-order valence-electron chi connectivity index (χ1n) is 17.2. The number of thiophene rings is 1. The zero-order valence-corrected chi connectivity index (χ0v) is 29.1. The third-order valence-corrected chi connectivity index (χ3v) is 11.0. The first-order chi connectivity index (χ1) is 25.7. The molecule has 5 nitrogen and oxygen atoms in total. The molecular weight excluding hydrogens is 657 g/mol. The molecule has 0 N–H and O–H groups in total. The van der Waals surface area contributed by atoms with E-state index in [1.165, 1.54) is 36.8 Å². The topological polar surface area (TPSA) is 56.7 Å². The van der Waals surface area contributed by atoms with Crippen LogP contribution in [-0.4, -0.2) is 19.5 Å². The van der Waals surface area contributed by atoms with Gasteiger partial charge in [-0.25, -0.2) is 15.0 Å². The molecule has 0 radical (unpaired) electrons. The number of hydrogen-bond donors (Lipinski definition) is 0. The summed E-state index contributed by atoms with van der Waals surface area (Å²) in [5.41, 5.74) is 8.82. The smallest absolute Gasteiger partial charge is 0.164 e. The number of nitrogens with zero attached hydrogens (tertiary/aromatic N) is 4. The molecule has 6 heteroatoms. The van der Waals surface area contributed by atoms with Crippen molar-refractivity contribution >= 4 is 71.2 Å². The van der Waals surface area contributed by atoms with Crippen molar-refractivity contribution in [1.82, 2.24) is 19.5 Å². The van der Waals surface area contributed by atoms with Crippen LogP contribution in [0.5, 0.6) is 0 Å². The largest absolute Gasteiger partial charge is 0.456 e. The van der Waals surface area contributed by atoms with Gasteiger partial charge in [0.15, 0.2) is 17.5 Å². The highest BCUT2D eigenvalue weighted by atomic mass is 32.1. The van der Waals surface area contributed by atoms with E-state index in [0.717, 1.165) is 49.8 Å². The van der Waals surface area contributed by atoms with Gasteiger partial charge in [-0.3, -0.25) is 0 Å². The highest BCUT2D eigenvalue weighted by Crippen LogP contribution is 2.45. The van der Waals surface area contributed by atoms with Crippen LogP contribution in [0.25, 0.3) is 99.8 Å². The number of benzene rings is 6. The molecule has 0 aliphatic rings. The van der Waals surface area contributed by atoms with E-state index in [1.807, 2.05) is 84.9 Å². The second kappa shape index (κ2) is 12.0. The van der Waals surface area contributed by atoms with Crippen LogP contribution in [0.2, 0.25) is 0 Å². The van der Waals surface area contributed by atoms with Crippen molar-refractivity contribution in [2.75, 3.05) is 0 Å². The average Bonchev–Trinajstić information content (AvgIpc) is 3.86. The van der Waals surface area contributed by atoms with Gasteiger partial charge in [-0.15, -0.1) is 11.3 Å². The van der Waals surface area contributed by atoms with E-state index in [1.54, 1.807) is 11.3 Å². The van der Waals surface area contributed by atoms with Crippen LogP contribution in [-0.2, 0) is 0 Å². The minimum Gasteiger partial charge on any atom is -0.456 e. The predicted molar refractivity (Wildman–Crippen MR) is 217 cm³/mol. The monoisotopic (exact) mass is 686 g/mol. The Balaban J connectivity index is 1.34. The van der Waals surface area contributed by atoms with Gasteiger partial charge in [0, 0.05) is 47.8 Å². The number of aromatic nitrogens is 4. The lowest BCUT2D eigenvalue weighted by Crippen LogP contribution is -2.01. The van der Waals surface area contributed by atoms with Crippen LogP contribution < -0.4 is 0 Å². The molecule has 0 bridgehead atoms. The summed E-state index contributed by atoms with van der Waals surface area (Å²) in [6, 6.07) is 46.0. The lowest BCUT2D eigenvalue weighted by Gasteiger charge is -2.14. The number of para-hydroxylation sites is 2. The molecule has 0 fully saturated rings. The van der Waals surface area contributed by atoms with Gasteiger partial charge in [-0.1, -0.05) is 122 Å². The minimum atomic E-state index is 0.575. The van der Waals surface area contributed by atoms with Gasteiger partial charge in [0.2, 0.25) is 0 Å². The maximum atomic E-state index is 6.67. The molecule has 4 heterocycles. The maximum Gasteiger partial charge on any atom is 0.164 e. The van der Waals surface area contributed by atoms with E-state index in [9.17, 15) is 0 Å². The molecule has 10 rings (SSSR count). The highest BCUT2D eigenvalue weighted by Gasteiger charge is 2.23. The summed E-state index contributed by atoms with van der Waals surface area (Å²) in [6.45, 7) is 6.14. The number of hydrogen-bond acceptors (Lipinski definition) is 5. The van der Waals surface area contributed by atoms with Crippen LogP contribution in [0.3, 0.4) is 0 Å². The molecule has 0 amide bonds. The molecular formula is C46H30N4OS. The summed E-state index contributed by atoms with van der Waals surface area (Å²) in [6.07, 6.45) is 6.00. The number of aryl methyl sites for hydroxylation is 1. The normalized spacial score (nSPS) is 11.9. The summed E-state index contributed by atoms with van der Waals surface area (Å²) in [4.78, 5) is 16.4. The second-order valence-corrected chi connectivity index (χ2v) is 14.0. The van der Waals surface area contributed by atoms with Crippen molar-refractivity contribution in [1.29, 1.82) is 0 Å². The Bertz CT molecular complexity index is 2980. The van der Waals surface area contributed by atoms with Crippen LogP contribution in [0.4, 0.5) is 0 Å². The molecule has 0 aliphatic carbocycles. The summed E-state index contributed by atoms with van der Waals surface area (Å²) >= 11 is 1.81. The van der Waals surface area contributed by atoms with Crippen molar-refractivity contribution in [2.24, 2.45) is 0 Å². The van der Waals surface area contributed by atoms with Gasteiger partial charge < -0.3 is 8.98 Å². The maximum absolute atomic E-state index is 6.67. The molecule has 4 aromatic heterocycles. The molecule has 246 valence electrons. The standard InChI is InChI=1S/C46H30N4OS/c1-3-4-23-39-28(2)41-40(52-39)25-24-33-32-19-11-13-21-35(32)50(43(33)41)36-26-31(27-38-42(36)34-20-12-14-22-37(34)51-38)46-48-44(29-15-7-5-8-16-29)47-45(49-46)30-17-9-6-10-18-30/h3-27H,1H2,2H3/b23-4-. The van der Waals surface area contributed by atoms with Crippen LogP contribution in [0, 0.1) is 6.92 Å². The van der Waals surface area contributed by atoms with E-state index in [2.05, 4.69) is 84.8 Å². The van der Waals surface area contributed by atoms with E-state index in [0.29, 0.717) is 17.5 Å². The van der Waals surface area contributed by atoms with Gasteiger partial charge in [0.1, 0.15) is 11.2 Å². The van der Waals surface area contributed by atoms with Crippen molar-refractivity contribution in [3.8, 4) is 39.9 Å². The van der Waals surface area contributed by atoms with Crippen LogP contribution >= 0.6 is 11.3 Å². The van der Waals surface area contributed by atoms with Gasteiger partial charge in [0.05, 0.1) is 22.1 Å². The fourth-order valence-corrected chi connectivity index (χ4v) is 8.57. The molecule has 0 saturated heterocycles. The average molecular weight is 687 g/mol. The number of rotatable bonds is 6. The molecule has 52 heavy (non-hydrogen) atoms. The van der Waals surface area contributed by atoms with Gasteiger partial charge in [0.25, 0.3) is 0 Å². The Morgan fingerprint density at radius 3 is 1.96 bits per heavy atom. The van der Waals surface area contributed by atoms with E-state index >= 15 is 0 Å². The van der Waals surface area contributed by atoms with Crippen molar-refractivity contribution in [2.45, 2.75) is 6.92 Å². The molecule has 10 aromatic rings. The summed E-state index contributed by atoms with van der Waals surface area (Å²) in [5.74, 6) is 1.80. The Kier molecular flexibility index (Phi) is 6.98. The second-order valence-electron chi connectivity index (χ2n) is 12.9. The molecule has 0 atom stereocenters. The lowest BCUT2D eigenvalue weighted by atomic mass is 10.0. The van der Waals surface area contributed by atoms with E-state index < -0.39 is 0 Å². The van der Waals surface area contributed by atoms with Crippen LogP contribution in [0.15, 0.2) is 157 Å². The first kappa shape index (κ1) is 30.2. The molecule has 0 aliphatic heterocycles. The zero-order chi connectivity index (χ0) is 34.8. The quantitative estimate of drug-likeness (QED) is 0.163. The van der Waals surface area contributed by atoms with Crippen molar-refractivity contribution < 1.29 is 4.42 Å². The number of fused-ring (bicyclic) bond motifs is 8. The lowest BCUT2D eigenvalue weighted by molar-refractivity contribution is 0.669. The van der Waals surface area contributed by atoms with E-state index in [4.69, 9.17) is 19.4 Å². The number of allylic oxidation sites excluding steroid dienone is 2. The summed E-state index contributed by atoms with van der Waals surface area (Å²) in [7, 11) is 0. The SMILES string of the molecule is C=C/C=C\c1sc2ccc3c4ccccc4n(-c4cc(-c5nc(-c6ccccc6)nc(-c6ccccc6)n5)cc5oc6ccccc6c45)c3c2c1C. The Morgan fingerprint density at radius 1 is 0.615 bits per heavy atom. The fraction of sp³-hybridized carbons (Fsp3) is 0.0217. The van der Waals surface area contributed by atoms with Gasteiger partial charge in [-0.05, 0) is 48.9 Å².